The molecule has 0 aliphatic heterocycles. The summed E-state index contributed by atoms with van der Waals surface area (Å²) in [6.07, 6.45) is 13.4. The van der Waals surface area contributed by atoms with Crippen LogP contribution in [0.5, 0.6) is 0 Å². The summed E-state index contributed by atoms with van der Waals surface area (Å²) in [6, 6.07) is 21.7. The molecule has 0 saturated heterocycles. The molecule has 0 fully saturated rings. The van der Waals surface area contributed by atoms with E-state index in [2.05, 4.69) is 33.7 Å². The lowest BCUT2D eigenvalue weighted by atomic mass is 9.85. The normalized spacial score (nSPS) is 9.75. The third-order valence-corrected chi connectivity index (χ3v) is 5.33. The minimum atomic E-state index is -0.657. The molecular weight excluding hydrogens is 510 g/mol. The minimum absolute atomic E-state index is 0.134. The number of ether oxygens (including phenoxy) is 3. The summed E-state index contributed by atoms with van der Waals surface area (Å²) in [5.74, 6) is 6.45. The van der Waals surface area contributed by atoms with Gasteiger partial charge in [0.2, 0.25) is 0 Å². The lowest BCUT2D eigenvalue weighted by Gasteiger charge is -2.20. The molecule has 3 aromatic rings. The van der Waals surface area contributed by atoms with Crippen LogP contribution in [0, 0.1) is 37.0 Å². The van der Waals surface area contributed by atoms with E-state index < -0.39 is 18.3 Å². The van der Waals surface area contributed by atoms with Crippen LogP contribution in [0.3, 0.4) is 0 Å². The van der Waals surface area contributed by atoms with Gasteiger partial charge in [-0.05, 0) is 53.1 Å². The van der Waals surface area contributed by atoms with Crippen molar-refractivity contribution in [1.82, 2.24) is 0 Å². The Labute approximate surface area is 232 Å². The first-order valence-corrected chi connectivity index (χ1v) is 11.8. The summed E-state index contributed by atoms with van der Waals surface area (Å²) in [6.45, 7) is -0.402. The van der Waals surface area contributed by atoms with Gasteiger partial charge in [-0.15, -0.1) is 19.3 Å². The van der Waals surface area contributed by atoms with Crippen LogP contribution in [-0.4, -0.2) is 38.1 Å². The van der Waals surface area contributed by atoms with Gasteiger partial charge < -0.3 is 14.2 Å². The number of rotatable bonds is 9. The van der Waals surface area contributed by atoms with Crippen molar-refractivity contribution < 1.29 is 28.6 Å². The number of hydrogen-bond acceptors (Lipinski definition) is 6. The minimum Gasteiger partial charge on any atom is -0.436 e. The van der Waals surface area contributed by atoms with Gasteiger partial charge in [-0.2, -0.15) is 0 Å². The van der Waals surface area contributed by atoms with Crippen LogP contribution < -0.4 is 16.0 Å². The lowest BCUT2D eigenvalue weighted by Crippen LogP contribution is -2.14. The molecule has 3 N–H and O–H groups in total. The second-order valence-electron chi connectivity index (χ2n) is 8.01. The quantitative estimate of drug-likeness (QED) is 0.192. The van der Waals surface area contributed by atoms with Crippen molar-refractivity contribution >= 4 is 35.3 Å². The lowest BCUT2D eigenvalue weighted by molar-refractivity contribution is 0.175. The molecule has 9 nitrogen and oxygen atoms in total. The summed E-state index contributed by atoms with van der Waals surface area (Å²) in [5, 5.41) is 7.85. The van der Waals surface area contributed by atoms with Gasteiger partial charge in [0.05, 0.1) is 0 Å². The van der Waals surface area contributed by atoms with E-state index >= 15 is 0 Å². The molecule has 0 saturated carbocycles. The second-order valence-corrected chi connectivity index (χ2v) is 8.01. The Hall–Kier alpha value is -5.85. The molecule has 3 amide bonds. The van der Waals surface area contributed by atoms with Crippen molar-refractivity contribution in [3.05, 3.63) is 89.5 Å². The van der Waals surface area contributed by atoms with E-state index in [1.165, 1.54) is 0 Å². The maximum atomic E-state index is 11.8. The number of hydrogen-bond donors (Lipinski definition) is 3. The van der Waals surface area contributed by atoms with Crippen molar-refractivity contribution in [3.8, 4) is 37.0 Å². The Morgan fingerprint density at radius 3 is 1.00 bits per heavy atom. The number of benzene rings is 3. The molecule has 0 aliphatic rings. The number of amides is 3. The third-order valence-electron chi connectivity index (χ3n) is 5.33. The van der Waals surface area contributed by atoms with Crippen LogP contribution in [-0.2, 0) is 14.2 Å². The predicted octanol–water partition coefficient (Wildman–Crippen LogP) is 5.41. The maximum absolute atomic E-state index is 11.8. The largest absolute Gasteiger partial charge is 0.436 e. The monoisotopic (exact) mass is 535 g/mol. The van der Waals surface area contributed by atoms with Crippen molar-refractivity contribution in [2.24, 2.45) is 0 Å². The molecule has 200 valence electrons. The van der Waals surface area contributed by atoms with Crippen molar-refractivity contribution in [1.29, 1.82) is 0 Å². The molecule has 0 aliphatic carbocycles. The molecule has 3 aromatic carbocycles. The van der Waals surface area contributed by atoms with Gasteiger partial charge in [-0.1, -0.05) is 54.2 Å². The van der Waals surface area contributed by atoms with Gasteiger partial charge in [0, 0.05) is 23.0 Å². The molecule has 0 bridgehead atoms. The molecule has 40 heavy (non-hydrogen) atoms. The summed E-state index contributed by atoms with van der Waals surface area (Å²) in [5.41, 5.74) is 4.31. The molecule has 3 rings (SSSR count). The van der Waals surface area contributed by atoms with Crippen LogP contribution in [0.25, 0.3) is 0 Å². The number of anilines is 3. The summed E-state index contributed by atoms with van der Waals surface area (Å²) in [7, 11) is 0. The first-order valence-electron chi connectivity index (χ1n) is 11.8. The number of carbonyl (C=O) groups is 3. The second kappa shape index (κ2) is 14.8. The van der Waals surface area contributed by atoms with Gasteiger partial charge >= 0.3 is 18.3 Å². The van der Waals surface area contributed by atoms with E-state index in [0.717, 1.165) is 16.7 Å². The summed E-state index contributed by atoms with van der Waals surface area (Å²) in [4.78, 5) is 35.5. The Kier molecular flexibility index (Phi) is 10.6. The van der Waals surface area contributed by atoms with Crippen LogP contribution in [0.4, 0.5) is 31.4 Å². The molecule has 0 aromatic heterocycles. The summed E-state index contributed by atoms with van der Waals surface area (Å²) < 4.78 is 14.5. The molecular formula is C31H25N3O6. The first kappa shape index (κ1) is 28.7. The zero-order valence-corrected chi connectivity index (χ0v) is 21.3. The first-order chi connectivity index (χ1) is 19.4. The Balaban J connectivity index is 1.86. The zero-order valence-electron chi connectivity index (χ0n) is 21.3. The highest BCUT2D eigenvalue weighted by Crippen LogP contribution is 2.34. The Morgan fingerprint density at radius 2 is 0.775 bits per heavy atom. The third kappa shape index (κ3) is 8.62. The van der Waals surface area contributed by atoms with Gasteiger partial charge in [0.15, 0.2) is 19.8 Å². The molecule has 0 atom stereocenters. The Morgan fingerprint density at radius 1 is 0.525 bits per heavy atom. The number of terminal acetylenes is 3. The van der Waals surface area contributed by atoms with E-state index in [1.54, 1.807) is 36.4 Å². The average molecular weight is 536 g/mol. The van der Waals surface area contributed by atoms with Gasteiger partial charge in [0.25, 0.3) is 0 Å². The number of nitrogens with one attached hydrogen (secondary N) is 3. The van der Waals surface area contributed by atoms with Crippen molar-refractivity contribution in [2.45, 2.75) is 5.92 Å². The van der Waals surface area contributed by atoms with E-state index in [0.29, 0.717) is 17.1 Å². The van der Waals surface area contributed by atoms with Gasteiger partial charge in [-0.25, -0.2) is 14.4 Å². The zero-order chi connectivity index (χ0) is 28.7. The maximum Gasteiger partial charge on any atom is 0.412 e. The standard InChI is InChI=1S/C31H25N3O6/c1-4-19-38-29(35)32-25-13-7-22(8-14-25)28(23-9-15-26(16-10-23)33-30(36)39-20-5-2)24-11-17-27(18-12-24)34-31(37)40-21-6-3/h1-3,7-18,28H,19-21H2,(H,32,35)(H,33,36)(H,34,37). The summed E-state index contributed by atoms with van der Waals surface area (Å²) >= 11 is 0. The fourth-order valence-corrected chi connectivity index (χ4v) is 3.64. The highest BCUT2D eigenvalue weighted by molar-refractivity contribution is 5.86. The molecule has 0 radical (unpaired) electrons. The van der Waals surface area contributed by atoms with Crippen LogP contribution in [0.1, 0.15) is 22.6 Å². The SMILES string of the molecule is C#CCOC(=O)Nc1ccc(C(c2ccc(NC(=O)OCC#C)cc2)c2ccc(NC(=O)OCC#C)cc2)cc1. The van der Waals surface area contributed by atoms with Crippen molar-refractivity contribution in [2.75, 3.05) is 35.8 Å². The average Bonchev–Trinajstić information content (AvgIpc) is 2.96. The van der Waals surface area contributed by atoms with E-state index in [9.17, 15) is 14.4 Å². The van der Waals surface area contributed by atoms with E-state index in [-0.39, 0.29) is 25.7 Å². The van der Waals surface area contributed by atoms with Crippen LogP contribution >= 0.6 is 0 Å². The molecule has 0 heterocycles. The van der Waals surface area contributed by atoms with Gasteiger partial charge in [0.1, 0.15) is 0 Å². The van der Waals surface area contributed by atoms with Crippen LogP contribution in [0.15, 0.2) is 72.8 Å². The van der Waals surface area contributed by atoms with E-state index in [1.807, 2.05) is 36.4 Å². The predicted molar refractivity (Wildman–Crippen MR) is 152 cm³/mol. The van der Waals surface area contributed by atoms with E-state index in [4.69, 9.17) is 33.5 Å². The molecule has 0 spiro atoms. The van der Waals surface area contributed by atoms with Crippen LogP contribution in [0.2, 0.25) is 0 Å². The fourth-order valence-electron chi connectivity index (χ4n) is 3.64. The highest BCUT2D eigenvalue weighted by Gasteiger charge is 2.18. The van der Waals surface area contributed by atoms with Gasteiger partial charge in [-0.3, -0.25) is 16.0 Å². The molecule has 9 heteroatoms. The topological polar surface area (TPSA) is 115 Å². The number of carbonyl (C=O) groups excluding carboxylic acids is 3. The van der Waals surface area contributed by atoms with Crippen molar-refractivity contribution in [3.63, 3.8) is 0 Å². The molecule has 0 unspecified atom stereocenters. The fraction of sp³-hybridized carbons (Fsp3) is 0.129. The highest BCUT2D eigenvalue weighted by atomic mass is 16.6. The Bertz CT molecular complexity index is 1260. The smallest absolute Gasteiger partial charge is 0.412 e.